The van der Waals surface area contributed by atoms with Gasteiger partial charge in [-0.15, -0.1) is 0 Å². The van der Waals surface area contributed by atoms with Gasteiger partial charge in [0.25, 0.3) is 0 Å². The highest BCUT2D eigenvalue weighted by Crippen LogP contribution is 2.33. The smallest absolute Gasteiger partial charge is 0.227 e. The molecule has 4 rings (SSSR count). The van der Waals surface area contributed by atoms with Crippen LogP contribution in [-0.4, -0.2) is 57.4 Å². The van der Waals surface area contributed by atoms with Gasteiger partial charge >= 0.3 is 0 Å². The zero-order valence-corrected chi connectivity index (χ0v) is 15.0. The van der Waals surface area contributed by atoms with Crippen molar-refractivity contribution in [2.75, 3.05) is 36.0 Å². The van der Waals surface area contributed by atoms with Crippen molar-refractivity contribution in [3.05, 3.63) is 41.9 Å². The summed E-state index contributed by atoms with van der Waals surface area (Å²) in [5.74, 6) is 1.54. The van der Waals surface area contributed by atoms with E-state index in [2.05, 4.69) is 24.8 Å². The van der Waals surface area contributed by atoms with E-state index in [0.717, 1.165) is 30.0 Å². The Hall–Kier alpha value is -2.25. The Morgan fingerprint density at radius 1 is 1.08 bits per heavy atom. The van der Waals surface area contributed by atoms with Gasteiger partial charge in [-0.3, -0.25) is 4.98 Å². The fourth-order valence-electron chi connectivity index (χ4n) is 3.69. The molecule has 2 fully saturated rings. The second-order valence-corrected chi connectivity index (χ2v) is 7.34. The summed E-state index contributed by atoms with van der Waals surface area (Å²) in [7, 11) is 0. The molecule has 2 saturated heterocycles. The summed E-state index contributed by atoms with van der Waals surface area (Å²) in [6.45, 7) is 4.79. The first-order valence-electron chi connectivity index (χ1n) is 9.20. The maximum absolute atomic E-state index is 11.0. The first kappa shape index (κ1) is 17.2. The van der Waals surface area contributed by atoms with E-state index in [1.54, 1.807) is 12.4 Å². The lowest BCUT2D eigenvalue weighted by atomic mass is 9.87. The molecule has 0 radical (unpaired) electrons. The van der Waals surface area contributed by atoms with Crippen LogP contribution in [0, 0.1) is 6.92 Å². The van der Waals surface area contributed by atoms with E-state index in [1.807, 2.05) is 25.1 Å². The maximum atomic E-state index is 11.0. The van der Waals surface area contributed by atoms with E-state index in [-0.39, 0.29) is 6.10 Å². The van der Waals surface area contributed by atoms with E-state index in [0.29, 0.717) is 38.4 Å². The van der Waals surface area contributed by atoms with Crippen LogP contribution < -0.4 is 9.80 Å². The minimum atomic E-state index is -0.888. The van der Waals surface area contributed by atoms with Crippen molar-refractivity contribution in [1.82, 2.24) is 15.0 Å². The normalized spacial score (nSPS) is 22.7. The summed E-state index contributed by atoms with van der Waals surface area (Å²) in [4.78, 5) is 17.7. The number of hydrogen-bond donors (Lipinski definition) is 2. The predicted octanol–water partition coefficient (Wildman–Crippen LogP) is 1.24. The first-order chi connectivity index (χ1) is 12.5. The Balaban J connectivity index is 1.45. The number of piperidine rings is 1. The SMILES string of the molecule is Cc1ccc(C2(O)CCN(c3nccc(N4CC[C@@H](O)C4)n3)CC2)nc1. The zero-order valence-electron chi connectivity index (χ0n) is 15.0. The van der Waals surface area contributed by atoms with E-state index in [4.69, 9.17) is 0 Å². The molecule has 2 aliphatic heterocycles. The first-order valence-corrected chi connectivity index (χ1v) is 9.20. The second-order valence-electron chi connectivity index (χ2n) is 7.34. The minimum Gasteiger partial charge on any atom is -0.391 e. The number of hydrogen-bond acceptors (Lipinski definition) is 7. The third kappa shape index (κ3) is 3.37. The summed E-state index contributed by atoms with van der Waals surface area (Å²) >= 11 is 0. The molecule has 2 aromatic rings. The topological polar surface area (TPSA) is 85.6 Å². The van der Waals surface area contributed by atoms with Crippen LogP contribution in [0.3, 0.4) is 0 Å². The number of β-amino-alcohol motifs (C(OH)–C–C–N with tert-alkyl or cyclic N) is 1. The number of pyridine rings is 1. The van der Waals surface area contributed by atoms with Gasteiger partial charge in [-0.05, 0) is 43.9 Å². The molecule has 0 aromatic carbocycles. The molecule has 0 saturated carbocycles. The lowest BCUT2D eigenvalue weighted by Gasteiger charge is -2.38. The predicted molar refractivity (Wildman–Crippen MR) is 99.2 cm³/mol. The van der Waals surface area contributed by atoms with Crippen LogP contribution in [0.1, 0.15) is 30.5 Å². The molecule has 2 aromatic heterocycles. The van der Waals surface area contributed by atoms with Gasteiger partial charge in [-0.25, -0.2) is 4.98 Å². The third-order valence-corrected chi connectivity index (χ3v) is 5.38. The summed E-state index contributed by atoms with van der Waals surface area (Å²) in [6.07, 6.45) is 5.26. The Bertz CT molecular complexity index is 759. The average Bonchev–Trinajstić information content (AvgIpc) is 3.09. The van der Waals surface area contributed by atoms with Gasteiger partial charge in [0.1, 0.15) is 11.4 Å². The summed E-state index contributed by atoms with van der Waals surface area (Å²) in [5.41, 5.74) is 0.941. The number of nitrogens with zero attached hydrogens (tertiary/aromatic N) is 5. The lowest BCUT2D eigenvalue weighted by Crippen LogP contribution is -2.43. The highest BCUT2D eigenvalue weighted by molar-refractivity contribution is 5.45. The number of aromatic nitrogens is 3. The van der Waals surface area contributed by atoms with Crippen LogP contribution in [0.25, 0.3) is 0 Å². The molecule has 7 heteroatoms. The summed E-state index contributed by atoms with van der Waals surface area (Å²) in [5, 5.41) is 20.7. The standard InChI is InChI=1S/C19H25N5O2/c1-14-2-3-16(21-12-14)19(26)6-10-23(11-7-19)18-20-8-4-17(22-18)24-9-5-15(25)13-24/h2-4,8,12,15,25-26H,5-7,9-11,13H2,1H3/t15-/m1/s1. The van der Waals surface area contributed by atoms with E-state index in [9.17, 15) is 10.2 Å². The monoisotopic (exact) mass is 355 g/mol. The van der Waals surface area contributed by atoms with Gasteiger partial charge in [0.15, 0.2) is 0 Å². The van der Waals surface area contributed by atoms with Crippen LogP contribution in [-0.2, 0) is 5.60 Å². The molecular formula is C19H25N5O2. The molecule has 2 aliphatic rings. The van der Waals surface area contributed by atoms with Crippen molar-refractivity contribution >= 4 is 11.8 Å². The fourth-order valence-corrected chi connectivity index (χ4v) is 3.69. The fraction of sp³-hybridized carbons (Fsp3) is 0.526. The van der Waals surface area contributed by atoms with Crippen molar-refractivity contribution < 1.29 is 10.2 Å². The molecule has 0 spiro atoms. The molecule has 4 heterocycles. The number of anilines is 2. The van der Waals surface area contributed by atoms with Crippen molar-refractivity contribution in [3.8, 4) is 0 Å². The number of aliphatic hydroxyl groups excluding tert-OH is 1. The van der Waals surface area contributed by atoms with Crippen molar-refractivity contribution in [1.29, 1.82) is 0 Å². The van der Waals surface area contributed by atoms with Gasteiger partial charge in [0.05, 0.1) is 11.8 Å². The molecule has 138 valence electrons. The van der Waals surface area contributed by atoms with E-state index < -0.39 is 5.60 Å². The largest absolute Gasteiger partial charge is 0.391 e. The van der Waals surface area contributed by atoms with Crippen LogP contribution in [0.5, 0.6) is 0 Å². The average molecular weight is 355 g/mol. The Labute approximate surface area is 153 Å². The van der Waals surface area contributed by atoms with Crippen molar-refractivity contribution in [2.24, 2.45) is 0 Å². The molecule has 0 unspecified atom stereocenters. The van der Waals surface area contributed by atoms with Crippen LogP contribution in [0.15, 0.2) is 30.6 Å². The Morgan fingerprint density at radius 2 is 1.88 bits per heavy atom. The van der Waals surface area contributed by atoms with Crippen LogP contribution in [0.2, 0.25) is 0 Å². The Morgan fingerprint density at radius 3 is 2.54 bits per heavy atom. The highest BCUT2D eigenvalue weighted by atomic mass is 16.3. The molecule has 26 heavy (non-hydrogen) atoms. The molecule has 1 atom stereocenters. The number of aliphatic hydroxyl groups is 2. The minimum absolute atomic E-state index is 0.277. The van der Waals surface area contributed by atoms with Gasteiger partial charge < -0.3 is 20.0 Å². The van der Waals surface area contributed by atoms with Crippen LogP contribution in [0.4, 0.5) is 11.8 Å². The van der Waals surface area contributed by atoms with Crippen molar-refractivity contribution in [2.45, 2.75) is 37.9 Å². The van der Waals surface area contributed by atoms with Gasteiger partial charge in [-0.1, -0.05) is 6.07 Å². The van der Waals surface area contributed by atoms with Gasteiger partial charge in [0, 0.05) is 38.6 Å². The summed E-state index contributed by atoms with van der Waals surface area (Å²) < 4.78 is 0. The zero-order chi connectivity index (χ0) is 18.1. The van der Waals surface area contributed by atoms with Crippen LogP contribution >= 0.6 is 0 Å². The molecule has 0 bridgehead atoms. The van der Waals surface area contributed by atoms with E-state index >= 15 is 0 Å². The lowest BCUT2D eigenvalue weighted by molar-refractivity contribution is 0.00736. The quantitative estimate of drug-likeness (QED) is 0.857. The van der Waals surface area contributed by atoms with Gasteiger partial charge in [-0.2, -0.15) is 4.98 Å². The van der Waals surface area contributed by atoms with E-state index in [1.165, 1.54) is 0 Å². The molecular weight excluding hydrogens is 330 g/mol. The van der Waals surface area contributed by atoms with Crippen molar-refractivity contribution in [3.63, 3.8) is 0 Å². The number of rotatable bonds is 3. The summed E-state index contributed by atoms with van der Waals surface area (Å²) in [6, 6.07) is 5.79. The Kier molecular flexibility index (Phi) is 4.50. The highest BCUT2D eigenvalue weighted by Gasteiger charge is 2.36. The molecule has 0 aliphatic carbocycles. The van der Waals surface area contributed by atoms with Gasteiger partial charge in [0.2, 0.25) is 5.95 Å². The third-order valence-electron chi connectivity index (χ3n) is 5.38. The maximum Gasteiger partial charge on any atom is 0.227 e. The second kappa shape index (κ2) is 6.81. The molecule has 2 N–H and O–H groups in total. The molecule has 0 amide bonds. The number of aryl methyl sites for hydroxylation is 1. The molecule has 7 nitrogen and oxygen atoms in total.